The fourth-order valence-electron chi connectivity index (χ4n) is 3.26. The minimum Gasteiger partial charge on any atom is -0.489 e. The minimum absolute atomic E-state index is 0.0287. The van der Waals surface area contributed by atoms with Gasteiger partial charge < -0.3 is 19.5 Å². The summed E-state index contributed by atoms with van der Waals surface area (Å²) in [5.74, 6) is -1.49. The molecule has 0 atom stereocenters. The van der Waals surface area contributed by atoms with Crippen molar-refractivity contribution < 1.29 is 36.6 Å². The lowest BCUT2D eigenvalue weighted by Gasteiger charge is -2.17. The number of fused-ring (bicyclic) bond motifs is 1. The normalized spacial score (nSPS) is 12.7. The lowest BCUT2D eigenvalue weighted by atomic mass is 10.1. The number of ether oxygens (including phenoxy) is 3. The molecule has 6 nitrogen and oxygen atoms in total. The van der Waals surface area contributed by atoms with Crippen LogP contribution < -0.4 is 19.5 Å². The Kier molecular flexibility index (Phi) is 6.03. The van der Waals surface area contributed by atoms with E-state index in [1.807, 2.05) is 0 Å². The molecule has 33 heavy (non-hydrogen) atoms. The van der Waals surface area contributed by atoms with Crippen molar-refractivity contribution in [3.05, 3.63) is 70.1 Å². The van der Waals surface area contributed by atoms with Crippen LogP contribution in [0.2, 0.25) is 5.02 Å². The van der Waals surface area contributed by atoms with Crippen LogP contribution in [0.4, 0.5) is 23.2 Å². The molecule has 172 valence electrons. The second kappa shape index (κ2) is 8.78. The van der Waals surface area contributed by atoms with E-state index in [0.29, 0.717) is 6.07 Å². The van der Waals surface area contributed by atoms with Crippen molar-refractivity contribution in [2.75, 3.05) is 19.0 Å². The van der Waals surface area contributed by atoms with Gasteiger partial charge in [0.1, 0.15) is 11.6 Å². The molecule has 0 saturated heterocycles. The maximum atomic E-state index is 14.0. The zero-order chi connectivity index (χ0) is 23.8. The molecule has 0 saturated carbocycles. The lowest BCUT2D eigenvalue weighted by Crippen LogP contribution is -2.15. The number of halogens is 5. The molecular weight excluding hydrogens is 468 g/mol. The van der Waals surface area contributed by atoms with Gasteiger partial charge in [-0.25, -0.2) is 9.37 Å². The van der Waals surface area contributed by atoms with Gasteiger partial charge in [-0.3, -0.25) is 4.79 Å². The van der Waals surface area contributed by atoms with Gasteiger partial charge in [0.15, 0.2) is 11.5 Å². The van der Waals surface area contributed by atoms with E-state index in [1.54, 1.807) is 0 Å². The van der Waals surface area contributed by atoms with Gasteiger partial charge in [0.2, 0.25) is 5.88 Å². The summed E-state index contributed by atoms with van der Waals surface area (Å²) in [4.78, 5) is 16.9. The van der Waals surface area contributed by atoms with Crippen LogP contribution in [-0.4, -0.2) is 24.6 Å². The molecule has 4 rings (SSSR count). The van der Waals surface area contributed by atoms with E-state index < -0.39 is 34.2 Å². The number of carbonyl (C=O) groups is 1. The molecule has 0 unspecified atom stereocenters. The van der Waals surface area contributed by atoms with E-state index in [9.17, 15) is 22.4 Å². The molecule has 2 aromatic carbocycles. The molecule has 0 fully saturated rings. The van der Waals surface area contributed by atoms with E-state index in [2.05, 4.69) is 10.3 Å². The number of nitrogens with zero attached hydrogens (tertiary/aromatic N) is 1. The zero-order valence-corrected chi connectivity index (χ0v) is 17.7. The summed E-state index contributed by atoms with van der Waals surface area (Å²) in [5, 5.41) is 1.85. The SMILES string of the molecule is COc1cc(NC(=O)c2cc(Cl)c(C(F)(F)F)cc2Oc2ccc(F)c3c2OCC3)ccn1. The van der Waals surface area contributed by atoms with Crippen molar-refractivity contribution in [3.8, 4) is 23.1 Å². The summed E-state index contributed by atoms with van der Waals surface area (Å²) in [6, 6.07) is 6.70. The van der Waals surface area contributed by atoms with Crippen molar-refractivity contribution >= 4 is 23.2 Å². The summed E-state index contributed by atoms with van der Waals surface area (Å²) < 4.78 is 70.5. The van der Waals surface area contributed by atoms with Crippen molar-refractivity contribution in [2.24, 2.45) is 0 Å². The van der Waals surface area contributed by atoms with Crippen LogP contribution in [0.25, 0.3) is 0 Å². The topological polar surface area (TPSA) is 69.7 Å². The summed E-state index contributed by atoms with van der Waals surface area (Å²) in [6.45, 7) is 0.193. The number of hydrogen-bond donors (Lipinski definition) is 1. The Hall–Kier alpha value is -3.53. The Bertz CT molecular complexity index is 1230. The van der Waals surface area contributed by atoms with E-state index in [1.165, 1.54) is 31.5 Å². The van der Waals surface area contributed by atoms with E-state index >= 15 is 0 Å². The van der Waals surface area contributed by atoms with Gasteiger partial charge >= 0.3 is 6.18 Å². The van der Waals surface area contributed by atoms with Crippen LogP contribution in [-0.2, 0) is 12.6 Å². The smallest absolute Gasteiger partial charge is 0.417 e. The monoisotopic (exact) mass is 482 g/mol. The fourth-order valence-corrected chi connectivity index (χ4v) is 3.53. The molecule has 1 aromatic heterocycles. The number of pyridine rings is 1. The van der Waals surface area contributed by atoms with Crippen molar-refractivity contribution in [1.82, 2.24) is 4.98 Å². The molecule has 1 N–H and O–H groups in total. The van der Waals surface area contributed by atoms with E-state index in [0.717, 1.165) is 12.1 Å². The van der Waals surface area contributed by atoms with E-state index in [4.69, 9.17) is 25.8 Å². The zero-order valence-electron chi connectivity index (χ0n) is 16.9. The third-order valence-electron chi connectivity index (χ3n) is 4.81. The standard InChI is InChI=1S/C22H15ClF4N2O4/c1-31-19-8-11(4-6-28-19)29-21(30)13-9-15(23)14(22(25,26)27)10-18(13)33-17-3-2-16(24)12-5-7-32-20(12)17/h2-4,6,8-10H,5,7H2,1H3,(H,28,29,30). The number of nitrogens with one attached hydrogen (secondary N) is 1. The predicted octanol–water partition coefficient (Wildman–Crippen LogP) is 5.88. The molecule has 0 bridgehead atoms. The number of aromatic nitrogens is 1. The van der Waals surface area contributed by atoms with Gasteiger partial charge in [-0.2, -0.15) is 13.2 Å². The number of carbonyl (C=O) groups excluding carboxylic acids is 1. The molecular formula is C22H15ClF4N2O4. The molecule has 11 heteroatoms. The second-order valence-corrected chi connectivity index (χ2v) is 7.33. The van der Waals surface area contributed by atoms with Gasteiger partial charge in [0.25, 0.3) is 5.91 Å². The Morgan fingerprint density at radius 3 is 2.70 bits per heavy atom. The highest BCUT2D eigenvalue weighted by Crippen LogP contribution is 2.43. The molecule has 1 aliphatic heterocycles. The Balaban J connectivity index is 1.76. The third kappa shape index (κ3) is 4.65. The highest BCUT2D eigenvalue weighted by atomic mass is 35.5. The Labute approximate surface area is 190 Å². The number of rotatable bonds is 5. The fraction of sp³-hybridized carbons (Fsp3) is 0.182. The maximum Gasteiger partial charge on any atom is 0.417 e. The highest BCUT2D eigenvalue weighted by Gasteiger charge is 2.35. The number of amides is 1. The molecule has 0 aliphatic carbocycles. The maximum absolute atomic E-state index is 14.0. The highest BCUT2D eigenvalue weighted by molar-refractivity contribution is 6.32. The molecule has 1 aliphatic rings. The average molecular weight is 483 g/mol. The Morgan fingerprint density at radius 1 is 1.18 bits per heavy atom. The number of methoxy groups -OCH3 is 1. The average Bonchev–Trinajstić information content (AvgIpc) is 3.27. The number of alkyl halides is 3. The molecule has 0 radical (unpaired) electrons. The number of anilines is 1. The van der Waals surface area contributed by atoms with Crippen LogP contribution in [0.5, 0.6) is 23.1 Å². The van der Waals surface area contributed by atoms with Crippen LogP contribution in [0.3, 0.4) is 0 Å². The first-order valence-corrected chi connectivity index (χ1v) is 9.89. The molecule has 2 heterocycles. The van der Waals surface area contributed by atoms with E-state index in [-0.39, 0.29) is 47.2 Å². The van der Waals surface area contributed by atoms with Crippen LogP contribution in [0, 0.1) is 5.82 Å². The van der Waals surface area contributed by atoms with Crippen molar-refractivity contribution in [3.63, 3.8) is 0 Å². The third-order valence-corrected chi connectivity index (χ3v) is 5.12. The minimum atomic E-state index is -4.80. The predicted molar refractivity (Wildman–Crippen MR) is 111 cm³/mol. The first kappa shape index (κ1) is 22.7. The number of benzene rings is 2. The Morgan fingerprint density at radius 2 is 1.97 bits per heavy atom. The van der Waals surface area contributed by atoms with Crippen LogP contribution in [0.15, 0.2) is 42.6 Å². The number of hydrogen-bond acceptors (Lipinski definition) is 5. The second-order valence-electron chi connectivity index (χ2n) is 6.92. The van der Waals surface area contributed by atoms with Gasteiger partial charge in [0.05, 0.1) is 29.9 Å². The van der Waals surface area contributed by atoms with Crippen molar-refractivity contribution in [1.29, 1.82) is 0 Å². The molecule has 1 amide bonds. The summed E-state index contributed by atoms with van der Waals surface area (Å²) in [6.07, 6.45) is -3.14. The molecule has 3 aromatic rings. The van der Waals surface area contributed by atoms with Gasteiger partial charge in [-0.1, -0.05) is 11.6 Å². The molecule has 0 spiro atoms. The largest absolute Gasteiger partial charge is 0.489 e. The summed E-state index contributed by atoms with van der Waals surface area (Å²) >= 11 is 5.84. The summed E-state index contributed by atoms with van der Waals surface area (Å²) in [7, 11) is 1.39. The first-order chi connectivity index (χ1) is 15.7. The summed E-state index contributed by atoms with van der Waals surface area (Å²) in [5.41, 5.74) is -0.951. The quantitative estimate of drug-likeness (QED) is 0.460. The first-order valence-electron chi connectivity index (χ1n) is 9.51. The van der Waals surface area contributed by atoms with Gasteiger partial charge in [-0.05, 0) is 30.3 Å². The van der Waals surface area contributed by atoms with Crippen LogP contribution >= 0.6 is 11.6 Å². The van der Waals surface area contributed by atoms with Gasteiger partial charge in [-0.15, -0.1) is 0 Å². The van der Waals surface area contributed by atoms with Crippen LogP contribution in [0.1, 0.15) is 21.5 Å². The lowest BCUT2D eigenvalue weighted by molar-refractivity contribution is -0.137. The van der Waals surface area contributed by atoms with Gasteiger partial charge in [0, 0.05) is 29.9 Å². The van der Waals surface area contributed by atoms with Crippen molar-refractivity contribution in [2.45, 2.75) is 12.6 Å².